The van der Waals surface area contributed by atoms with Gasteiger partial charge in [-0.2, -0.15) is 5.26 Å². The van der Waals surface area contributed by atoms with Crippen LogP contribution in [-0.4, -0.2) is 15.2 Å². The lowest BCUT2D eigenvalue weighted by Crippen LogP contribution is -1.80. The Kier molecular flexibility index (Phi) is 2.75. The van der Waals surface area contributed by atoms with Crippen molar-refractivity contribution in [2.45, 2.75) is 0 Å². The molecule has 5 heteroatoms. The van der Waals surface area contributed by atoms with E-state index in [0.29, 0.717) is 28.6 Å². The minimum atomic E-state index is 0.359. The van der Waals surface area contributed by atoms with Gasteiger partial charge in [0.2, 0.25) is 5.89 Å². The number of nitriles is 1. The van der Waals surface area contributed by atoms with Crippen LogP contribution in [0.4, 0.5) is 0 Å². The second-order valence-electron chi connectivity index (χ2n) is 3.82. The second kappa shape index (κ2) is 4.70. The Morgan fingerprint density at radius 3 is 2.68 bits per heavy atom. The summed E-state index contributed by atoms with van der Waals surface area (Å²) >= 11 is 0. The summed E-state index contributed by atoms with van der Waals surface area (Å²) in [5.74, 6) is 0.732. The molecule has 90 valence electrons. The second-order valence-corrected chi connectivity index (χ2v) is 3.82. The minimum Gasteiger partial charge on any atom is -0.415 e. The van der Waals surface area contributed by atoms with Crippen molar-refractivity contribution in [1.82, 2.24) is 15.2 Å². The third-order valence-corrected chi connectivity index (χ3v) is 2.55. The zero-order valence-corrected chi connectivity index (χ0v) is 9.82. The number of nitrogens with zero attached hydrogens (tertiary/aromatic N) is 4. The highest BCUT2D eigenvalue weighted by Crippen LogP contribution is 2.22. The van der Waals surface area contributed by atoms with E-state index in [1.165, 1.54) is 0 Å². The SMILES string of the molecule is N#Cc1cccc(-c2nnc(-c3ccccn3)o2)c1. The van der Waals surface area contributed by atoms with Gasteiger partial charge in [-0.05, 0) is 30.3 Å². The fourth-order valence-corrected chi connectivity index (χ4v) is 1.65. The van der Waals surface area contributed by atoms with Crippen molar-refractivity contribution >= 4 is 0 Å². The van der Waals surface area contributed by atoms with Crippen molar-refractivity contribution < 1.29 is 4.42 Å². The quantitative estimate of drug-likeness (QED) is 0.696. The summed E-state index contributed by atoms with van der Waals surface area (Å²) in [4.78, 5) is 4.14. The molecule has 0 unspecified atom stereocenters. The zero-order valence-electron chi connectivity index (χ0n) is 9.82. The molecule has 0 aliphatic carbocycles. The predicted molar refractivity (Wildman–Crippen MR) is 67.7 cm³/mol. The van der Waals surface area contributed by atoms with E-state index in [0.717, 1.165) is 0 Å². The van der Waals surface area contributed by atoms with E-state index in [1.807, 2.05) is 18.2 Å². The summed E-state index contributed by atoms with van der Waals surface area (Å²) in [6.07, 6.45) is 1.66. The van der Waals surface area contributed by atoms with Gasteiger partial charge in [0.25, 0.3) is 5.89 Å². The van der Waals surface area contributed by atoms with Gasteiger partial charge in [0.15, 0.2) is 0 Å². The normalized spacial score (nSPS) is 10.1. The lowest BCUT2D eigenvalue weighted by atomic mass is 10.1. The summed E-state index contributed by atoms with van der Waals surface area (Å²) in [7, 11) is 0. The minimum absolute atomic E-state index is 0.359. The highest BCUT2D eigenvalue weighted by molar-refractivity contribution is 5.57. The first-order valence-electron chi connectivity index (χ1n) is 5.62. The van der Waals surface area contributed by atoms with E-state index in [-0.39, 0.29) is 0 Å². The number of benzene rings is 1. The van der Waals surface area contributed by atoms with E-state index < -0.39 is 0 Å². The molecule has 19 heavy (non-hydrogen) atoms. The maximum Gasteiger partial charge on any atom is 0.266 e. The third kappa shape index (κ3) is 2.19. The molecule has 0 fully saturated rings. The highest BCUT2D eigenvalue weighted by atomic mass is 16.4. The van der Waals surface area contributed by atoms with Gasteiger partial charge in [-0.25, -0.2) is 0 Å². The first kappa shape index (κ1) is 11.1. The smallest absolute Gasteiger partial charge is 0.266 e. The van der Waals surface area contributed by atoms with Gasteiger partial charge in [-0.3, -0.25) is 4.98 Å². The average molecular weight is 248 g/mol. The van der Waals surface area contributed by atoms with E-state index in [2.05, 4.69) is 21.3 Å². The molecule has 0 aliphatic rings. The lowest BCUT2D eigenvalue weighted by molar-refractivity contribution is 0.582. The maximum absolute atomic E-state index is 8.87. The van der Waals surface area contributed by atoms with Gasteiger partial charge in [0.1, 0.15) is 5.69 Å². The van der Waals surface area contributed by atoms with Gasteiger partial charge in [0.05, 0.1) is 11.6 Å². The molecule has 0 saturated carbocycles. The number of hydrogen-bond donors (Lipinski definition) is 0. The van der Waals surface area contributed by atoms with Crippen molar-refractivity contribution in [1.29, 1.82) is 5.26 Å². The fourth-order valence-electron chi connectivity index (χ4n) is 1.65. The first-order valence-corrected chi connectivity index (χ1v) is 5.62. The predicted octanol–water partition coefficient (Wildman–Crippen LogP) is 2.67. The summed E-state index contributed by atoms with van der Waals surface area (Å²) in [6.45, 7) is 0. The largest absolute Gasteiger partial charge is 0.415 e. The Labute approximate surface area is 109 Å². The highest BCUT2D eigenvalue weighted by Gasteiger charge is 2.11. The fraction of sp³-hybridized carbons (Fsp3) is 0. The van der Waals surface area contributed by atoms with Gasteiger partial charge < -0.3 is 4.42 Å². The van der Waals surface area contributed by atoms with Crippen LogP contribution < -0.4 is 0 Å². The zero-order chi connectivity index (χ0) is 13.1. The van der Waals surface area contributed by atoms with Crippen molar-refractivity contribution in [3.8, 4) is 29.1 Å². The van der Waals surface area contributed by atoms with E-state index in [4.69, 9.17) is 9.68 Å². The topological polar surface area (TPSA) is 75.6 Å². The van der Waals surface area contributed by atoms with E-state index >= 15 is 0 Å². The number of pyridine rings is 1. The van der Waals surface area contributed by atoms with E-state index in [1.54, 1.807) is 30.5 Å². The standard InChI is InChI=1S/C14H8N4O/c15-9-10-4-3-5-11(8-10)13-17-18-14(19-13)12-6-1-2-7-16-12/h1-8H. The molecule has 3 rings (SSSR count). The van der Waals surface area contributed by atoms with Crippen molar-refractivity contribution in [2.75, 3.05) is 0 Å². The Hall–Kier alpha value is -3.00. The molecule has 0 radical (unpaired) electrons. The van der Waals surface area contributed by atoms with Gasteiger partial charge in [0, 0.05) is 11.8 Å². The third-order valence-electron chi connectivity index (χ3n) is 2.55. The Balaban J connectivity index is 2.00. The molecule has 0 bridgehead atoms. The first-order chi connectivity index (χ1) is 9.36. The molecule has 2 aromatic heterocycles. The number of rotatable bonds is 2. The van der Waals surface area contributed by atoms with E-state index in [9.17, 15) is 0 Å². The van der Waals surface area contributed by atoms with Crippen LogP contribution in [0, 0.1) is 11.3 Å². The summed E-state index contributed by atoms with van der Waals surface area (Å²) < 4.78 is 5.56. The molecule has 0 aliphatic heterocycles. The molecule has 5 nitrogen and oxygen atoms in total. The molecular formula is C14H8N4O. The summed E-state index contributed by atoms with van der Waals surface area (Å²) in [5.41, 5.74) is 1.89. The van der Waals surface area contributed by atoms with Crippen LogP contribution in [0.3, 0.4) is 0 Å². The Morgan fingerprint density at radius 2 is 1.89 bits per heavy atom. The van der Waals surface area contributed by atoms with Crippen LogP contribution in [0.2, 0.25) is 0 Å². The van der Waals surface area contributed by atoms with Crippen LogP contribution in [-0.2, 0) is 0 Å². The van der Waals surface area contributed by atoms with Crippen molar-refractivity contribution in [2.24, 2.45) is 0 Å². The van der Waals surface area contributed by atoms with Crippen LogP contribution in [0.15, 0.2) is 53.1 Å². The molecule has 2 heterocycles. The van der Waals surface area contributed by atoms with Crippen LogP contribution in [0.25, 0.3) is 23.0 Å². The monoisotopic (exact) mass is 248 g/mol. The lowest BCUT2D eigenvalue weighted by Gasteiger charge is -1.95. The average Bonchev–Trinajstić information content (AvgIpc) is 2.98. The molecule has 3 aromatic rings. The number of hydrogen-bond acceptors (Lipinski definition) is 5. The molecule has 0 saturated heterocycles. The van der Waals surface area contributed by atoms with Crippen LogP contribution >= 0.6 is 0 Å². The maximum atomic E-state index is 8.87. The van der Waals surface area contributed by atoms with Crippen LogP contribution in [0.5, 0.6) is 0 Å². The van der Waals surface area contributed by atoms with Gasteiger partial charge in [-0.1, -0.05) is 12.1 Å². The number of aromatic nitrogens is 3. The summed E-state index contributed by atoms with van der Waals surface area (Å²) in [5, 5.41) is 16.8. The molecule has 1 aromatic carbocycles. The molecular weight excluding hydrogens is 240 g/mol. The van der Waals surface area contributed by atoms with Crippen molar-refractivity contribution in [3.05, 3.63) is 54.2 Å². The Morgan fingerprint density at radius 1 is 1.00 bits per heavy atom. The molecule has 0 amide bonds. The Bertz CT molecular complexity index is 743. The van der Waals surface area contributed by atoms with Gasteiger partial charge in [-0.15, -0.1) is 10.2 Å². The summed E-state index contributed by atoms with van der Waals surface area (Å²) in [6, 6.07) is 14.6. The molecule has 0 spiro atoms. The molecule has 0 atom stereocenters. The van der Waals surface area contributed by atoms with Gasteiger partial charge >= 0.3 is 0 Å². The molecule has 0 N–H and O–H groups in total. The van der Waals surface area contributed by atoms with Crippen molar-refractivity contribution in [3.63, 3.8) is 0 Å². The van der Waals surface area contributed by atoms with Crippen LogP contribution in [0.1, 0.15) is 5.56 Å².